The number of nitrogens with zero attached hydrogens (tertiary/aromatic N) is 1. The number of ether oxygens (including phenoxy) is 1. The molecule has 0 fully saturated rings. The molecule has 0 aromatic heterocycles. The minimum Gasteiger partial charge on any atom is -0.497 e. The molecule has 0 saturated carbocycles. The second-order valence-electron chi connectivity index (χ2n) is 5.31. The fourth-order valence-electron chi connectivity index (χ4n) is 2.28. The van der Waals surface area contributed by atoms with Crippen molar-refractivity contribution in [2.45, 2.75) is 13.5 Å². The lowest BCUT2D eigenvalue weighted by Crippen LogP contribution is -2.31. The minimum absolute atomic E-state index is 0.442. The maximum Gasteiger partial charge on any atom is 0.308 e. The Labute approximate surface area is 131 Å². The number of aliphatic carboxylic acids is 1. The smallest absolute Gasteiger partial charge is 0.308 e. The summed E-state index contributed by atoms with van der Waals surface area (Å²) < 4.78 is 5.26. The highest BCUT2D eigenvalue weighted by Gasteiger charge is 2.17. The average Bonchev–Trinajstić information content (AvgIpc) is 2.55. The van der Waals surface area contributed by atoms with Gasteiger partial charge in [0.05, 0.1) is 13.0 Å². The van der Waals surface area contributed by atoms with Gasteiger partial charge in [-0.3, -0.25) is 4.79 Å². The summed E-state index contributed by atoms with van der Waals surface area (Å²) in [6.07, 6.45) is 0. The molecule has 1 unspecified atom stereocenters. The number of anilines is 1. The van der Waals surface area contributed by atoms with Gasteiger partial charge in [0.1, 0.15) is 5.75 Å². The number of carboxylic acid groups (broad SMARTS) is 1. The van der Waals surface area contributed by atoms with Gasteiger partial charge in [0.15, 0.2) is 0 Å². The maximum atomic E-state index is 11.2. The number of benzene rings is 2. The molecule has 0 heterocycles. The van der Waals surface area contributed by atoms with E-state index in [1.807, 2.05) is 54.6 Å². The van der Waals surface area contributed by atoms with Crippen LogP contribution in [-0.4, -0.2) is 24.7 Å². The van der Waals surface area contributed by atoms with E-state index >= 15 is 0 Å². The normalized spacial score (nSPS) is 11.7. The Morgan fingerprint density at radius 3 is 2.55 bits per heavy atom. The van der Waals surface area contributed by atoms with E-state index in [1.54, 1.807) is 14.0 Å². The van der Waals surface area contributed by atoms with Gasteiger partial charge >= 0.3 is 5.97 Å². The van der Waals surface area contributed by atoms with E-state index in [9.17, 15) is 9.90 Å². The molecule has 0 aliphatic heterocycles. The number of hydrogen-bond donors (Lipinski definition) is 1. The van der Waals surface area contributed by atoms with E-state index in [2.05, 4.69) is 4.90 Å². The van der Waals surface area contributed by atoms with Crippen molar-refractivity contribution in [1.82, 2.24) is 0 Å². The van der Waals surface area contributed by atoms with E-state index in [4.69, 9.17) is 4.74 Å². The van der Waals surface area contributed by atoms with Crippen LogP contribution in [0.1, 0.15) is 12.5 Å². The molecule has 0 aliphatic rings. The van der Waals surface area contributed by atoms with Gasteiger partial charge in [-0.05, 0) is 17.7 Å². The number of carbonyl (C=O) groups is 1. The number of rotatable bonds is 7. The van der Waals surface area contributed by atoms with Gasteiger partial charge in [0.2, 0.25) is 0 Å². The van der Waals surface area contributed by atoms with Crippen molar-refractivity contribution in [3.05, 3.63) is 60.2 Å². The van der Waals surface area contributed by atoms with Gasteiger partial charge in [-0.1, -0.05) is 43.3 Å². The fraction of sp³-hybridized carbons (Fsp3) is 0.278. The molecular weight excluding hydrogens is 278 g/mol. The Balaban J connectivity index is 2.25. The second kappa shape index (κ2) is 7.50. The molecule has 0 radical (unpaired) electrons. The Hall–Kier alpha value is -2.49. The summed E-state index contributed by atoms with van der Waals surface area (Å²) >= 11 is 0. The first-order chi connectivity index (χ1) is 10.6. The van der Waals surface area contributed by atoms with Crippen LogP contribution in [-0.2, 0) is 11.3 Å². The maximum absolute atomic E-state index is 11.2. The van der Waals surface area contributed by atoms with Gasteiger partial charge < -0.3 is 14.7 Å². The zero-order chi connectivity index (χ0) is 15.9. The lowest BCUT2D eigenvalue weighted by Gasteiger charge is -2.27. The third-order valence-corrected chi connectivity index (χ3v) is 3.55. The molecule has 0 amide bonds. The van der Waals surface area contributed by atoms with E-state index in [0.717, 1.165) is 17.0 Å². The Morgan fingerprint density at radius 2 is 1.91 bits per heavy atom. The van der Waals surface area contributed by atoms with E-state index in [1.165, 1.54) is 0 Å². The third kappa shape index (κ3) is 4.25. The van der Waals surface area contributed by atoms with Gasteiger partial charge in [-0.25, -0.2) is 0 Å². The van der Waals surface area contributed by atoms with Crippen LogP contribution in [0.4, 0.5) is 5.69 Å². The highest BCUT2D eigenvalue weighted by atomic mass is 16.5. The van der Waals surface area contributed by atoms with Crippen molar-refractivity contribution in [2.24, 2.45) is 5.92 Å². The van der Waals surface area contributed by atoms with Crippen LogP contribution in [0.15, 0.2) is 54.6 Å². The standard InChI is InChI=1S/C18H21NO3/c1-14(18(20)21)12-19(13-15-7-4-3-5-8-15)16-9-6-10-17(11-16)22-2/h3-11,14H,12-13H2,1-2H3,(H,20,21). The summed E-state index contributed by atoms with van der Waals surface area (Å²) in [6, 6.07) is 17.7. The summed E-state index contributed by atoms with van der Waals surface area (Å²) in [5.74, 6) is -0.477. The summed E-state index contributed by atoms with van der Waals surface area (Å²) in [5, 5.41) is 9.19. The van der Waals surface area contributed by atoms with E-state index < -0.39 is 11.9 Å². The fourth-order valence-corrected chi connectivity index (χ4v) is 2.28. The number of hydrogen-bond acceptors (Lipinski definition) is 3. The predicted molar refractivity (Wildman–Crippen MR) is 87.3 cm³/mol. The highest BCUT2D eigenvalue weighted by Crippen LogP contribution is 2.23. The zero-order valence-corrected chi connectivity index (χ0v) is 12.9. The monoisotopic (exact) mass is 299 g/mol. The Bertz CT molecular complexity index is 613. The van der Waals surface area contributed by atoms with Crippen LogP contribution >= 0.6 is 0 Å². The summed E-state index contributed by atoms with van der Waals surface area (Å²) in [7, 11) is 1.63. The number of methoxy groups -OCH3 is 1. The quantitative estimate of drug-likeness (QED) is 0.851. The van der Waals surface area contributed by atoms with Crippen molar-refractivity contribution in [1.29, 1.82) is 0 Å². The van der Waals surface area contributed by atoms with Crippen LogP contribution in [0, 0.1) is 5.92 Å². The molecule has 0 bridgehead atoms. The minimum atomic E-state index is -0.791. The molecule has 2 aromatic rings. The van der Waals surface area contributed by atoms with E-state index in [-0.39, 0.29) is 0 Å². The average molecular weight is 299 g/mol. The summed E-state index contributed by atoms with van der Waals surface area (Å²) in [5.41, 5.74) is 2.10. The van der Waals surface area contributed by atoms with Crippen molar-refractivity contribution >= 4 is 11.7 Å². The molecule has 1 N–H and O–H groups in total. The third-order valence-electron chi connectivity index (χ3n) is 3.55. The van der Waals surface area contributed by atoms with Crippen LogP contribution in [0.25, 0.3) is 0 Å². The van der Waals surface area contributed by atoms with Gasteiger partial charge in [-0.2, -0.15) is 0 Å². The Morgan fingerprint density at radius 1 is 1.18 bits per heavy atom. The molecule has 2 aromatic carbocycles. The SMILES string of the molecule is COc1cccc(N(Cc2ccccc2)CC(C)C(=O)O)c1. The molecule has 1 atom stereocenters. The first kappa shape index (κ1) is 15.9. The number of carboxylic acids is 1. The topological polar surface area (TPSA) is 49.8 Å². The second-order valence-corrected chi connectivity index (χ2v) is 5.31. The van der Waals surface area contributed by atoms with Crippen LogP contribution in [0.5, 0.6) is 5.75 Å². The summed E-state index contributed by atoms with van der Waals surface area (Å²) in [4.78, 5) is 13.3. The molecule has 0 aliphatic carbocycles. The van der Waals surface area contributed by atoms with Gasteiger partial charge in [0, 0.05) is 24.8 Å². The first-order valence-electron chi connectivity index (χ1n) is 7.26. The van der Waals surface area contributed by atoms with Gasteiger partial charge in [0.25, 0.3) is 0 Å². The zero-order valence-electron chi connectivity index (χ0n) is 12.9. The highest BCUT2D eigenvalue weighted by molar-refractivity contribution is 5.70. The van der Waals surface area contributed by atoms with E-state index in [0.29, 0.717) is 13.1 Å². The lowest BCUT2D eigenvalue weighted by molar-refractivity contribution is -0.140. The molecule has 0 spiro atoms. The Kier molecular flexibility index (Phi) is 5.42. The van der Waals surface area contributed by atoms with Crippen LogP contribution < -0.4 is 9.64 Å². The molecule has 2 rings (SSSR count). The van der Waals surface area contributed by atoms with Crippen LogP contribution in [0.2, 0.25) is 0 Å². The van der Waals surface area contributed by atoms with Crippen molar-refractivity contribution in [2.75, 3.05) is 18.6 Å². The summed E-state index contributed by atoms with van der Waals surface area (Å²) in [6.45, 7) is 2.82. The molecule has 0 saturated heterocycles. The molecule has 22 heavy (non-hydrogen) atoms. The largest absolute Gasteiger partial charge is 0.497 e. The molecular formula is C18H21NO3. The predicted octanol–water partition coefficient (Wildman–Crippen LogP) is 3.42. The van der Waals surface area contributed by atoms with Crippen molar-refractivity contribution in [3.8, 4) is 5.75 Å². The molecule has 116 valence electrons. The van der Waals surface area contributed by atoms with Gasteiger partial charge in [-0.15, -0.1) is 0 Å². The van der Waals surface area contributed by atoms with Crippen molar-refractivity contribution < 1.29 is 14.6 Å². The van der Waals surface area contributed by atoms with Crippen LogP contribution in [0.3, 0.4) is 0 Å². The lowest BCUT2D eigenvalue weighted by atomic mass is 10.1. The van der Waals surface area contributed by atoms with Crippen molar-refractivity contribution in [3.63, 3.8) is 0 Å². The first-order valence-corrected chi connectivity index (χ1v) is 7.26. The molecule has 4 nitrogen and oxygen atoms in total. The molecule has 4 heteroatoms.